The van der Waals surface area contributed by atoms with E-state index >= 15 is 0 Å². The lowest BCUT2D eigenvalue weighted by molar-refractivity contribution is 0.0943. The number of benzene rings is 2. The van der Waals surface area contributed by atoms with Crippen molar-refractivity contribution in [1.82, 2.24) is 5.32 Å². The Labute approximate surface area is 133 Å². The van der Waals surface area contributed by atoms with E-state index in [1.54, 1.807) is 7.11 Å². The Bertz CT molecular complexity index is 776. The van der Waals surface area contributed by atoms with Gasteiger partial charge in [-0.2, -0.15) is 0 Å². The Balaban J connectivity index is 1.81. The van der Waals surface area contributed by atoms with Crippen molar-refractivity contribution in [2.45, 2.75) is 13.0 Å². The number of hydrogen-bond donors (Lipinski definition) is 1. The quantitative estimate of drug-likeness (QED) is 0.775. The van der Waals surface area contributed by atoms with Gasteiger partial charge in [-0.1, -0.05) is 36.4 Å². The van der Waals surface area contributed by atoms with Crippen molar-refractivity contribution in [3.63, 3.8) is 0 Å². The molecule has 22 heavy (non-hydrogen) atoms. The number of rotatable bonds is 4. The zero-order chi connectivity index (χ0) is 15.5. The predicted octanol–water partition coefficient (Wildman–Crippen LogP) is 4.40. The highest BCUT2D eigenvalue weighted by Crippen LogP contribution is 2.27. The smallest absolute Gasteiger partial charge is 0.261 e. The van der Waals surface area contributed by atoms with Crippen molar-refractivity contribution >= 4 is 27.3 Å². The molecular weight excluding hydrogens is 294 g/mol. The van der Waals surface area contributed by atoms with Gasteiger partial charge in [0.15, 0.2) is 0 Å². The first-order chi connectivity index (χ1) is 10.7. The predicted molar refractivity (Wildman–Crippen MR) is 90.7 cm³/mol. The first-order valence-electron chi connectivity index (χ1n) is 7.11. The summed E-state index contributed by atoms with van der Waals surface area (Å²) in [6, 6.07) is 17.6. The average Bonchev–Trinajstić information content (AvgIpc) is 2.99. The molecule has 1 heterocycles. The summed E-state index contributed by atoms with van der Waals surface area (Å²) in [4.78, 5) is 13.2. The Hall–Kier alpha value is -2.33. The first-order valence-corrected chi connectivity index (χ1v) is 7.93. The molecule has 4 heteroatoms. The Morgan fingerprint density at radius 1 is 1.14 bits per heavy atom. The number of fused-ring (bicyclic) bond motifs is 1. The first kappa shape index (κ1) is 14.6. The maximum Gasteiger partial charge on any atom is 0.261 e. The molecular formula is C18H17NO2S. The molecule has 1 N–H and O–H groups in total. The molecule has 3 rings (SSSR count). The highest BCUT2D eigenvalue weighted by atomic mass is 32.1. The topological polar surface area (TPSA) is 38.3 Å². The maximum atomic E-state index is 12.5. The molecule has 1 amide bonds. The molecule has 2 aromatic carbocycles. The molecule has 0 radical (unpaired) electrons. The number of hydrogen-bond acceptors (Lipinski definition) is 3. The average molecular weight is 311 g/mol. The van der Waals surface area contributed by atoms with Gasteiger partial charge in [0, 0.05) is 10.3 Å². The third kappa shape index (κ3) is 2.83. The molecule has 0 bridgehead atoms. The van der Waals surface area contributed by atoms with E-state index in [9.17, 15) is 4.79 Å². The van der Waals surface area contributed by atoms with Crippen molar-refractivity contribution in [2.24, 2.45) is 0 Å². The SMILES string of the molecule is COc1ccccc1C(C)NC(=O)c1cc2ccccc2s1. The third-order valence-corrected chi connectivity index (χ3v) is 4.72. The van der Waals surface area contributed by atoms with E-state index in [0.29, 0.717) is 0 Å². The molecule has 0 saturated carbocycles. The molecule has 0 aliphatic heterocycles. The summed E-state index contributed by atoms with van der Waals surface area (Å²) in [7, 11) is 1.64. The summed E-state index contributed by atoms with van der Waals surface area (Å²) >= 11 is 1.51. The van der Waals surface area contributed by atoms with Crippen molar-refractivity contribution in [3.05, 3.63) is 65.0 Å². The zero-order valence-electron chi connectivity index (χ0n) is 12.5. The normalized spacial score (nSPS) is 12.1. The van der Waals surface area contributed by atoms with Crippen LogP contribution in [0.2, 0.25) is 0 Å². The number of carbonyl (C=O) groups excluding carboxylic acids is 1. The molecule has 0 fully saturated rings. The molecule has 1 unspecified atom stereocenters. The largest absolute Gasteiger partial charge is 0.496 e. The highest BCUT2D eigenvalue weighted by Gasteiger charge is 2.16. The summed E-state index contributed by atoms with van der Waals surface area (Å²) in [6.07, 6.45) is 0. The van der Waals surface area contributed by atoms with E-state index in [1.807, 2.05) is 61.5 Å². The van der Waals surface area contributed by atoms with Gasteiger partial charge in [-0.05, 0) is 30.5 Å². The monoisotopic (exact) mass is 311 g/mol. The summed E-state index contributed by atoms with van der Waals surface area (Å²) in [6.45, 7) is 1.96. The van der Waals surface area contributed by atoms with E-state index in [1.165, 1.54) is 11.3 Å². The molecule has 0 spiro atoms. The van der Waals surface area contributed by atoms with Crippen LogP contribution >= 0.6 is 11.3 Å². The minimum atomic E-state index is -0.117. The minimum Gasteiger partial charge on any atom is -0.496 e. The van der Waals surface area contributed by atoms with E-state index in [2.05, 4.69) is 5.32 Å². The van der Waals surface area contributed by atoms with Crippen molar-refractivity contribution in [2.75, 3.05) is 7.11 Å². The fourth-order valence-electron chi connectivity index (χ4n) is 2.46. The molecule has 3 aromatic rings. The number of amides is 1. The van der Waals surface area contributed by atoms with Gasteiger partial charge in [0.25, 0.3) is 5.91 Å². The Morgan fingerprint density at radius 3 is 2.64 bits per heavy atom. The molecule has 0 aliphatic rings. The van der Waals surface area contributed by atoms with Crippen molar-refractivity contribution < 1.29 is 9.53 Å². The van der Waals surface area contributed by atoms with Crippen LogP contribution in [0.25, 0.3) is 10.1 Å². The second-order valence-electron chi connectivity index (χ2n) is 5.09. The van der Waals surface area contributed by atoms with Crippen LogP contribution in [0.1, 0.15) is 28.2 Å². The number of ether oxygens (including phenoxy) is 1. The number of thiophene rings is 1. The number of nitrogens with one attached hydrogen (secondary N) is 1. The van der Waals surface area contributed by atoms with Gasteiger partial charge in [0.05, 0.1) is 18.0 Å². The molecule has 0 saturated heterocycles. The lowest BCUT2D eigenvalue weighted by atomic mass is 10.1. The second kappa shape index (κ2) is 6.20. The fourth-order valence-corrected chi connectivity index (χ4v) is 3.43. The van der Waals surface area contributed by atoms with Gasteiger partial charge >= 0.3 is 0 Å². The Kier molecular flexibility index (Phi) is 4.11. The van der Waals surface area contributed by atoms with Crippen molar-refractivity contribution in [1.29, 1.82) is 0 Å². The van der Waals surface area contributed by atoms with Crippen LogP contribution in [0.3, 0.4) is 0 Å². The zero-order valence-corrected chi connectivity index (χ0v) is 13.3. The van der Waals surface area contributed by atoms with Gasteiger partial charge in [-0.15, -0.1) is 11.3 Å². The second-order valence-corrected chi connectivity index (χ2v) is 6.17. The van der Waals surface area contributed by atoms with Gasteiger partial charge in [0.1, 0.15) is 5.75 Å². The van der Waals surface area contributed by atoms with Gasteiger partial charge in [0.2, 0.25) is 0 Å². The standard InChI is InChI=1S/C18H17NO2S/c1-12(14-8-4-5-9-15(14)21-2)19-18(20)17-11-13-7-3-6-10-16(13)22-17/h3-12H,1-2H3,(H,19,20). The summed E-state index contributed by atoms with van der Waals surface area (Å²) in [5.74, 6) is 0.728. The third-order valence-electron chi connectivity index (χ3n) is 3.60. The van der Waals surface area contributed by atoms with E-state index in [0.717, 1.165) is 26.3 Å². The van der Waals surface area contributed by atoms with E-state index in [-0.39, 0.29) is 11.9 Å². The molecule has 1 atom stereocenters. The Morgan fingerprint density at radius 2 is 1.86 bits per heavy atom. The van der Waals surface area contributed by atoms with Gasteiger partial charge in [-0.25, -0.2) is 0 Å². The van der Waals surface area contributed by atoms with Crippen LogP contribution in [0.15, 0.2) is 54.6 Å². The molecule has 0 aliphatic carbocycles. The summed E-state index contributed by atoms with van der Waals surface area (Å²) in [5, 5.41) is 4.14. The van der Waals surface area contributed by atoms with Crippen LogP contribution in [0, 0.1) is 0 Å². The molecule has 112 valence electrons. The van der Waals surface area contributed by atoms with Crippen LogP contribution in [0.5, 0.6) is 5.75 Å². The van der Waals surface area contributed by atoms with Crippen LogP contribution < -0.4 is 10.1 Å². The van der Waals surface area contributed by atoms with Gasteiger partial charge in [-0.3, -0.25) is 4.79 Å². The van der Waals surface area contributed by atoms with Gasteiger partial charge < -0.3 is 10.1 Å². The lowest BCUT2D eigenvalue weighted by Gasteiger charge is -2.16. The number of methoxy groups -OCH3 is 1. The van der Waals surface area contributed by atoms with E-state index in [4.69, 9.17) is 4.74 Å². The van der Waals surface area contributed by atoms with Crippen molar-refractivity contribution in [3.8, 4) is 5.75 Å². The minimum absolute atomic E-state index is 0.0559. The highest BCUT2D eigenvalue weighted by molar-refractivity contribution is 7.20. The lowest BCUT2D eigenvalue weighted by Crippen LogP contribution is -2.26. The van der Waals surface area contributed by atoms with E-state index < -0.39 is 0 Å². The van der Waals surface area contributed by atoms with Crippen LogP contribution in [-0.2, 0) is 0 Å². The van der Waals surface area contributed by atoms with Crippen LogP contribution in [-0.4, -0.2) is 13.0 Å². The number of para-hydroxylation sites is 1. The summed E-state index contributed by atoms with van der Waals surface area (Å²) < 4.78 is 6.48. The molecule has 3 nitrogen and oxygen atoms in total. The number of carbonyl (C=O) groups is 1. The van der Waals surface area contributed by atoms with Crippen LogP contribution in [0.4, 0.5) is 0 Å². The molecule has 1 aromatic heterocycles. The summed E-state index contributed by atoms with van der Waals surface area (Å²) in [5.41, 5.74) is 0.972. The maximum absolute atomic E-state index is 12.5. The fraction of sp³-hybridized carbons (Fsp3) is 0.167.